The minimum Gasteiger partial charge on any atom is -0.352 e. The van der Waals surface area contributed by atoms with E-state index in [1.165, 1.54) is 4.31 Å². The molecule has 1 rings (SSSR count). The van der Waals surface area contributed by atoms with Crippen molar-refractivity contribution in [2.45, 2.75) is 51.6 Å². The molecular weight excluding hydrogens is 286 g/mol. The summed E-state index contributed by atoms with van der Waals surface area (Å²) in [6, 6.07) is 2.13. The Morgan fingerprint density at radius 1 is 1.29 bits per heavy atom. The number of hydrogen-bond acceptors (Lipinski definition) is 3. The van der Waals surface area contributed by atoms with Crippen molar-refractivity contribution in [2.24, 2.45) is 13.0 Å². The molecule has 1 heterocycles. The van der Waals surface area contributed by atoms with Gasteiger partial charge in [-0.25, -0.2) is 12.7 Å². The van der Waals surface area contributed by atoms with Crippen LogP contribution < -0.4 is 5.32 Å². The number of nitrogens with zero attached hydrogens (tertiary/aromatic N) is 2. The van der Waals surface area contributed by atoms with Crippen LogP contribution in [-0.2, 0) is 23.6 Å². The largest absolute Gasteiger partial charge is 0.352 e. The standard InChI is InChI=1S/C15H29N3O2S/c1-12(2)7-8-18(6)21(19,20)15-9-14(17(5)11-15)10-16-13(3)4/h9,11-13,16H,7-8,10H2,1-6H3. The fraction of sp³-hybridized carbons (Fsp3) is 0.733. The maximum absolute atomic E-state index is 12.5. The second-order valence-electron chi connectivity index (χ2n) is 6.32. The topological polar surface area (TPSA) is 54.3 Å². The molecule has 0 aliphatic heterocycles. The molecule has 0 aromatic carbocycles. The van der Waals surface area contributed by atoms with Gasteiger partial charge >= 0.3 is 0 Å². The summed E-state index contributed by atoms with van der Waals surface area (Å²) in [5.74, 6) is 0.490. The molecular formula is C15H29N3O2S. The number of nitrogens with one attached hydrogen (secondary N) is 1. The van der Waals surface area contributed by atoms with E-state index >= 15 is 0 Å². The third kappa shape index (κ3) is 5.13. The van der Waals surface area contributed by atoms with Gasteiger partial charge in [0.15, 0.2) is 0 Å². The molecule has 0 amide bonds. The van der Waals surface area contributed by atoms with Crippen molar-refractivity contribution in [3.8, 4) is 0 Å². The minimum absolute atomic E-state index is 0.369. The SMILES string of the molecule is CC(C)CCN(C)S(=O)(=O)c1cc(CNC(C)C)n(C)c1. The lowest BCUT2D eigenvalue weighted by Crippen LogP contribution is -2.28. The second-order valence-corrected chi connectivity index (χ2v) is 8.37. The molecule has 0 saturated carbocycles. The van der Waals surface area contributed by atoms with Crippen LogP contribution in [0, 0.1) is 5.92 Å². The third-order valence-electron chi connectivity index (χ3n) is 3.50. The number of rotatable bonds is 8. The molecule has 1 N–H and O–H groups in total. The normalized spacial score (nSPS) is 12.8. The number of aryl methyl sites for hydroxylation is 1. The summed E-state index contributed by atoms with van der Waals surface area (Å²) >= 11 is 0. The Morgan fingerprint density at radius 3 is 2.43 bits per heavy atom. The molecule has 21 heavy (non-hydrogen) atoms. The highest BCUT2D eigenvalue weighted by Gasteiger charge is 2.23. The first-order valence-electron chi connectivity index (χ1n) is 7.49. The van der Waals surface area contributed by atoms with Crippen molar-refractivity contribution in [1.82, 2.24) is 14.2 Å². The quantitative estimate of drug-likeness (QED) is 0.800. The number of hydrogen-bond donors (Lipinski definition) is 1. The van der Waals surface area contributed by atoms with Crippen LogP contribution in [0.5, 0.6) is 0 Å². The highest BCUT2D eigenvalue weighted by molar-refractivity contribution is 7.89. The van der Waals surface area contributed by atoms with Crippen LogP contribution in [0.3, 0.4) is 0 Å². The smallest absolute Gasteiger partial charge is 0.244 e. The Kier molecular flexibility index (Phi) is 6.43. The van der Waals surface area contributed by atoms with Crippen LogP contribution in [0.1, 0.15) is 39.8 Å². The summed E-state index contributed by atoms with van der Waals surface area (Å²) in [6.07, 6.45) is 2.56. The van der Waals surface area contributed by atoms with Gasteiger partial charge in [0, 0.05) is 45.1 Å². The maximum Gasteiger partial charge on any atom is 0.244 e. The predicted octanol–water partition coefficient (Wildman–Crippen LogP) is 2.19. The molecule has 122 valence electrons. The Morgan fingerprint density at radius 2 is 1.90 bits per heavy atom. The zero-order valence-corrected chi connectivity index (χ0v) is 14.9. The lowest BCUT2D eigenvalue weighted by Gasteiger charge is -2.17. The molecule has 0 atom stereocenters. The summed E-state index contributed by atoms with van der Waals surface area (Å²) in [7, 11) is 0.139. The van der Waals surface area contributed by atoms with Crippen LogP contribution in [-0.4, -0.2) is 36.9 Å². The van der Waals surface area contributed by atoms with E-state index in [1.54, 1.807) is 19.3 Å². The number of sulfonamides is 1. The summed E-state index contributed by atoms with van der Waals surface area (Å²) in [6.45, 7) is 9.55. The van der Waals surface area contributed by atoms with Crippen LogP contribution in [0.25, 0.3) is 0 Å². The van der Waals surface area contributed by atoms with Crippen molar-refractivity contribution in [3.63, 3.8) is 0 Å². The van der Waals surface area contributed by atoms with E-state index in [1.807, 2.05) is 11.6 Å². The van der Waals surface area contributed by atoms with E-state index < -0.39 is 10.0 Å². The van der Waals surface area contributed by atoms with Crippen molar-refractivity contribution in [2.75, 3.05) is 13.6 Å². The average molecular weight is 315 g/mol. The zero-order chi connectivity index (χ0) is 16.2. The highest BCUT2D eigenvalue weighted by atomic mass is 32.2. The minimum atomic E-state index is -3.39. The number of aromatic nitrogens is 1. The molecule has 6 heteroatoms. The van der Waals surface area contributed by atoms with Gasteiger partial charge in [-0.2, -0.15) is 0 Å². The fourth-order valence-electron chi connectivity index (χ4n) is 1.94. The average Bonchev–Trinajstić information content (AvgIpc) is 2.75. The molecule has 0 fully saturated rings. The second kappa shape index (κ2) is 7.42. The Bertz CT molecular complexity index is 547. The molecule has 0 radical (unpaired) electrons. The molecule has 1 aromatic rings. The molecule has 0 aliphatic rings. The summed E-state index contributed by atoms with van der Waals surface area (Å²) in [5.41, 5.74) is 0.972. The molecule has 1 aromatic heterocycles. The lowest BCUT2D eigenvalue weighted by molar-refractivity contribution is 0.428. The van der Waals surface area contributed by atoms with E-state index in [-0.39, 0.29) is 0 Å². The van der Waals surface area contributed by atoms with Gasteiger partial charge in [0.2, 0.25) is 10.0 Å². The van der Waals surface area contributed by atoms with E-state index in [9.17, 15) is 8.42 Å². The zero-order valence-electron chi connectivity index (χ0n) is 14.0. The first kappa shape index (κ1) is 18.2. The Hall–Kier alpha value is -0.850. The Labute approximate surface area is 129 Å². The van der Waals surface area contributed by atoms with Gasteiger partial charge in [0.05, 0.1) is 0 Å². The Balaban J connectivity index is 2.86. The molecule has 5 nitrogen and oxygen atoms in total. The van der Waals surface area contributed by atoms with Gasteiger partial charge in [-0.05, 0) is 18.4 Å². The van der Waals surface area contributed by atoms with Crippen molar-refractivity contribution in [3.05, 3.63) is 18.0 Å². The van der Waals surface area contributed by atoms with Crippen LogP contribution >= 0.6 is 0 Å². The molecule has 0 bridgehead atoms. The van der Waals surface area contributed by atoms with E-state index in [2.05, 4.69) is 33.0 Å². The van der Waals surface area contributed by atoms with Crippen molar-refractivity contribution >= 4 is 10.0 Å². The van der Waals surface area contributed by atoms with Gasteiger partial charge in [-0.15, -0.1) is 0 Å². The molecule has 0 unspecified atom stereocenters. The van der Waals surface area contributed by atoms with Gasteiger partial charge in [0.25, 0.3) is 0 Å². The van der Waals surface area contributed by atoms with Crippen LogP contribution in [0.2, 0.25) is 0 Å². The van der Waals surface area contributed by atoms with E-state index in [0.717, 1.165) is 12.1 Å². The summed E-state index contributed by atoms with van der Waals surface area (Å²) < 4.78 is 28.4. The maximum atomic E-state index is 12.5. The van der Waals surface area contributed by atoms with Crippen LogP contribution in [0.15, 0.2) is 17.2 Å². The third-order valence-corrected chi connectivity index (χ3v) is 5.33. The summed E-state index contributed by atoms with van der Waals surface area (Å²) in [4.78, 5) is 0.372. The van der Waals surface area contributed by atoms with Crippen molar-refractivity contribution in [1.29, 1.82) is 0 Å². The monoisotopic (exact) mass is 315 g/mol. The lowest BCUT2D eigenvalue weighted by atomic mass is 10.1. The van der Waals surface area contributed by atoms with Gasteiger partial charge in [-0.3, -0.25) is 0 Å². The van der Waals surface area contributed by atoms with Gasteiger partial charge < -0.3 is 9.88 Å². The van der Waals surface area contributed by atoms with Gasteiger partial charge in [-0.1, -0.05) is 27.7 Å². The van der Waals surface area contributed by atoms with E-state index in [4.69, 9.17) is 0 Å². The van der Waals surface area contributed by atoms with Gasteiger partial charge in [0.1, 0.15) is 4.90 Å². The highest BCUT2D eigenvalue weighted by Crippen LogP contribution is 2.18. The molecule has 0 saturated heterocycles. The van der Waals surface area contributed by atoms with Crippen molar-refractivity contribution < 1.29 is 8.42 Å². The summed E-state index contributed by atoms with van der Waals surface area (Å²) in [5, 5.41) is 3.31. The first-order valence-corrected chi connectivity index (χ1v) is 8.93. The molecule has 0 aliphatic carbocycles. The first-order chi connectivity index (χ1) is 9.64. The predicted molar refractivity (Wildman–Crippen MR) is 86.7 cm³/mol. The van der Waals surface area contributed by atoms with Crippen LogP contribution in [0.4, 0.5) is 0 Å². The van der Waals surface area contributed by atoms with E-state index in [0.29, 0.717) is 29.9 Å². The molecule has 0 spiro atoms. The fourth-order valence-corrected chi connectivity index (χ4v) is 3.22.